The van der Waals surface area contributed by atoms with Crippen molar-refractivity contribution >= 4 is 5.69 Å². The van der Waals surface area contributed by atoms with E-state index in [4.69, 9.17) is 0 Å². The highest BCUT2D eigenvalue weighted by Gasteiger charge is 2.06. The number of rotatable bonds is 5. The second-order valence-electron chi connectivity index (χ2n) is 4.89. The fraction of sp³-hybridized carbons (Fsp3) is 0.294. The molecule has 2 heteroatoms. The van der Waals surface area contributed by atoms with Crippen LogP contribution in [0.15, 0.2) is 48.5 Å². The van der Waals surface area contributed by atoms with Gasteiger partial charge in [-0.3, -0.25) is 0 Å². The van der Waals surface area contributed by atoms with E-state index >= 15 is 0 Å². The summed E-state index contributed by atoms with van der Waals surface area (Å²) in [5, 5.41) is 13.5. The maximum atomic E-state index is 10.1. The molecule has 2 rings (SSSR count). The molecule has 0 heterocycles. The lowest BCUT2D eigenvalue weighted by atomic mass is 10.1. The third kappa shape index (κ3) is 3.58. The first-order valence-electron chi connectivity index (χ1n) is 6.71. The van der Waals surface area contributed by atoms with Gasteiger partial charge >= 0.3 is 0 Å². The first kappa shape index (κ1) is 13.6. The molecular formula is C17H21NO. The van der Waals surface area contributed by atoms with Crippen molar-refractivity contribution in [3.63, 3.8) is 0 Å². The third-order valence-electron chi connectivity index (χ3n) is 3.52. The van der Waals surface area contributed by atoms with Crippen LogP contribution in [0.3, 0.4) is 0 Å². The minimum absolute atomic E-state index is 0.404. The second-order valence-corrected chi connectivity index (χ2v) is 4.89. The molecule has 19 heavy (non-hydrogen) atoms. The SMILES string of the molecule is Cc1cccc(NCCC(O)c2ccccc2)c1C. The Balaban J connectivity index is 1.88. The van der Waals surface area contributed by atoms with Crippen molar-refractivity contribution in [2.24, 2.45) is 0 Å². The lowest BCUT2D eigenvalue weighted by molar-refractivity contribution is 0.171. The van der Waals surface area contributed by atoms with Crippen LogP contribution in [-0.4, -0.2) is 11.7 Å². The Morgan fingerprint density at radius 1 is 1.00 bits per heavy atom. The highest BCUT2D eigenvalue weighted by atomic mass is 16.3. The van der Waals surface area contributed by atoms with Gasteiger partial charge in [0, 0.05) is 12.2 Å². The van der Waals surface area contributed by atoms with Crippen molar-refractivity contribution < 1.29 is 5.11 Å². The van der Waals surface area contributed by atoms with Gasteiger partial charge < -0.3 is 10.4 Å². The van der Waals surface area contributed by atoms with E-state index < -0.39 is 6.10 Å². The smallest absolute Gasteiger partial charge is 0.0806 e. The Bertz CT molecular complexity index is 522. The van der Waals surface area contributed by atoms with Gasteiger partial charge in [0.15, 0.2) is 0 Å². The third-order valence-corrected chi connectivity index (χ3v) is 3.52. The monoisotopic (exact) mass is 255 g/mol. The molecule has 2 nitrogen and oxygen atoms in total. The van der Waals surface area contributed by atoms with E-state index in [2.05, 4.69) is 37.4 Å². The summed E-state index contributed by atoms with van der Waals surface area (Å²) in [6.45, 7) is 4.99. The summed E-state index contributed by atoms with van der Waals surface area (Å²) in [5.74, 6) is 0. The lowest BCUT2D eigenvalue weighted by Gasteiger charge is -2.14. The number of benzene rings is 2. The van der Waals surface area contributed by atoms with E-state index in [-0.39, 0.29) is 0 Å². The number of anilines is 1. The summed E-state index contributed by atoms with van der Waals surface area (Å²) in [7, 11) is 0. The van der Waals surface area contributed by atoms with Crippen LogP contribution in [0, 0.1) is 13.8 Å². The fourth-order valence-electron chi connectivity index (χ4n) is 2.13. The average molecular weight is 255 g/mol. The van der Waals surface area contributed by atoms with Gasteiger partial charge in [-0.05, 0) is 43.0 Å². The summed E-state index contributed by atoms with van der Waals surface area (Å²) in [6.07, 6.45) is 0.302. The number of nitrogens with one attached hydrogen (secondary N) is 1. The van der Waals surface area contributed by atoms with Crippen molar-refractivity contribution in [2.75, 3.05) is 11.9 Å². The van der Waals surface area contributed by atoms with Gasteiger partial charge in [0.25, 0.3) is 0 Å². The van der Waals surface area contributed by atoms with Gasteiger partial charge in [-0.1, -0.05) is 42.5 Å². The Morgan fingerprint density at radius 2 is 1.74 bits per heavy atom. The highest BCUT2D eigenvalue weighted by molar-refractivity contribution is 5.53. The number of aliphatic hydroxyl groups excluding tert-OH is 1. The van der Waals surface area contributed by atoms with Crippen molar-refractivity contribution in [3.8, 4) is 0 Å². The van der Waals surface area contributed by atoms with Crippen LogP contribution in [0.4, 0.5) is 5.69 Å². The lowest BCUT2D eigenvalue weighted by Crippen LogP contribution is -2.08. The van der Waals surface area contributed by atoms with Crippen molar-refractivity contribution in [3.05, 3.63) is 65.2 Å². The van der Waals surface area contributed by atoms with Crippen LogP contribution in [0.25, 0.3) is 0 Å². The van der Waals surface area contributed by atoms with Gasteiger partial charge in [0.05, 0.1) is 6.10 Å². The second kappa shape index (κ2) is 6.39. The van der Waals surface area contributed by atoms with Crippen LogP contribution < -0.4 is 5.32 Å². The van der Waals surface area contributed by atoms with Crippen LogP contribution in [0.1, 0.15) is 29.2 Å². The summed E-state index contributed by atoms with van der Waals surface area (Å²) in [4.78, 5) is 0. The molecule has 1 unspecified atom stereocenters. The molecule has 0 saturated heterocycles. The van der Waals surface area contributed by atoms with E-state index in [1.54, 1.807) is 0 Å². The van der Waals surface area contributed by atoms with Gasteiger partial charge in [-0.15, -0.1) is 0 Å². The van der Waals surface area contributed by atoms with E-state index in [0.717, 1.165) is 17.8 Å². The maximum absolute atomic E-state index is 10.1. The first-order valence-corrected chi connectivity index (χ1v) is 6.71. The summed E-state index contributed by atoms with van der Waals surface area (Å²) in [5.41, 5.74) is 4.69. The molecule has 0 aliphatic heterocycles. The molecule has 2 aromatic rings. The largest absolute Gasteiger partial charge is 0.388 e. The molecule has 0 aromatic heterocycles. The molecule has 0 radical (unpaired) electrons. The maximum Gasteiger partial charge on any atom is 0.0806 e. The van der Waals surface area contributed by atoms with Crippen LogP contribution >= 0.6 is 0 Å². The molecule has 0 saturated carbocycles. The van der Waals surface area contributed by atoms with Crippen LogP contribution in [0.2, 0.25) is 0 Å². The van der Waals surface area contributed by atoms with Crippen molar-refractivity contribution in [1.29, 1.82) is 0 Å². The predicted octanol–water partition coefficient (Wildman–Crippen LogP) is 3.84. The molecule has 2 aromatic carbocycles. The first-order chi connectivity index (χ1) is 9.18. The molecule has 0 aliphatic rings. The van der Waals surface area contributed by atoms with Crippen LogP contribution in [0.5, 0.6) is 0 Å². The number of aliphatic hydroxyl groups is 1. The van der Waals surface area contributed by atoms with E-state index in [9.17, 15) is 5.11 Å². The molecule has 0 amide bonds. The zero-order valence-corrected chi connectivity index (χ0v) is 11.6. The number of hydrogen-bond donors (Lipinski definition) is 2. The van der Waals surface area contributed by atoms with Crippen molar-refractivity contribution in [2.45, 2.75) is 26.4 Å². The Labute approximate surface area is 115 Å². The Hall–Kier alpha value is -1.80. The zero-order chi connectivity index (χ0) is 13.7. The van der Waals surface area contributed by atoms with Gasteiger partial charge in [0.1, 0.15) is 0 Å². The standard InChI is InChI=1S/C17H21NO/c1-13-7-6-10-16(14(13)2)18-12-11-17(19)15-8-4-3-5-9-15/h3-10,17-19H,11-12H2,1-2H3. The quantitative estimate of drug-likeness (QED) is 0.850. The van der Waals surface area contributed by atoms with E-state index in [1.807, 2.05) is 30.3 Å². The normalized spacial score (nSPS) is 12.2. The van der Waals surface area contributed by atoms with E-state index in [1.165, 1.54) is 11.1 Å². The van der Waals surface area contributed by atoms with E-state index in [0.29, 0.717) is 6.42 Å². The summed E-state index contributed by atoms with van der Waals surface area (Å²) >= 11 is 0. The topological polar surface area (TPSA) is 32.3 Å². The number of hydrogen-bond acceptors (Lipinski definition) is 2. The van der Waals surface area contributed by atoms with Crippen LogP contribution in [-0.2, 0) is 0 Å². The molecule has 0 spiro atoms. The average Bonchev–Trinajstić information content (AvgIpc) is 2.44. The molecule has 2 N–H and O–H groups in total. The molecule has 0 fully saturated rings. The Morgan fingerprint density at radius 3 is 2.47 bits per heavy atom. The number of aryl methyl sites for hydroxylation is 1. The molecule has 1 atom stereocenters. The fourth-order valence-corrected chi connectivity index (χ4v) is 2.13. The predicted molar refractivity (Wildman–Crippen MR) is 80.4 cm³/mol. The van der Waals surface area contributed by atoms with Gasteiger partial charge in [-0.25, -0.2) is 0 Å². The minimum Gasteiger partial charge on any atom is -0.388 e. The molecule has 0 bridgehead atoms. The summed E-state index contributed by atoms with van der Waals surface area (Å²) in [6, 6.07) is 16.0. The minimum atomic E-state index is -0.404. The Kier molecular flexibility index (Phi) is 4.58. The molecular weight excluding hydrogens is 234 g/mol. The van der Waals surface area contributed by atoms with Gasteiger partial charge in [-0.2, -0.15) is 0 Å². The molecule has 0 aliphatic carbocycles. The highest BCUT2D eigenvalue weighted by Crippen LogP contribution is 2.20. The zero-order valence-electron chi connectivity index (χ0n) is 11.6. The summed E-state index contributed by atoms with van der Waals surface area (Å²) < 4.78 is 0. The molecule has 100 valence electrons. The van der Waals surface area contributed by atoms with Crippen molar-refractivity contribution in [1.82, 2.24) is 0 Å². The van der Waals surface area contributed by atoms with Gasteiger partial charge in [0.2, 0.25) is 0 Å².